The van der Waals surface area contributed by atoms with Gasteiger partial charge in [0.2, 0.25) is 11.8 Å². The Kier molecular flexibility index (Phi) is 10.5. The van der Waals surface area contributed by atoms with Gasteiger partial charge in [0.25, 0.3) is 0 Å². The minimum absolute atomic E-state index is 0.0862. The molecule has 0 fully saturated rings. The maximum Gasteiger partial charge on any atom is 0.327 e. The SMILES string of the molecule is CC(C)C(=O)NC(CSSC[C@@H](NC(=O)C(C)C)C(=O)O)C(=O)O. The van der Waals surface area contributed by atoms with E-state index < -0.39 is 24.0 Å². The molecule has 2 amide bonds. The van der Waals surface area contributed by atoms with Crippen molar-refractivity contribution in [3.05, 3.63) is 0 Å². The van der Waals surface area contributed by atoms with Crippen molar-refractivity contribution in [3.63, 3.8) is 0 Å². The minimum atomic E-state index is -1.15. The second kappa shape index (κ2) is 11.2. The summed E-state index contributed by atoms with van der Waals surface area (Å²) in [5.74, 6) is -3.51. The summed E-state index contributed by atoms with van der Waals surface area (Å²) in [4.78, 5) is 45.4. The van der Waals surface area contributed by atoms with Crippen LogP contribution in [-0.2, 0) is 19.2 Å². The number of hydrogen-bond donors (Lipinski definition) is 4. The zero-order chi connectivity index (χ0) is 18.9. The third kappa shape index (κ3) is 9.02. The third-order valence-corrected chi connectivity index (χ3v) is 5.25. The van der Waals surface area contributed by atoms with Gasteiger partial charge in [-0.1, -0.05) is 49.3 Å². The maximum atomic E-state index is 11.6. The Bertz CT molecular complexity index is 428. The van der Waals surface area contributed by atoms with Crippen LogP contribution < -0.4 is 10.6 Å². The molecule has 0 aliphatic carbocycles. The van der Waals surface area contributed by atoms with Crippen molar-refractivity contribution < 1.29 is 29.4 Å². The monoisotopic (exact) mass is 380 g/mol. The van der Waals surface area contributed by atoms with Crippen LogP contribution in [0.1, 0.15) is 27.7 Å². The molecule has 138 valence electrons. The van der Waals surface area contributed by atoms with Gasteiger partial charge in [-0.3, -0.25) is 9.59 Å². The zero-order valence-electron chi connectivity index (χ0n) is 14.1. The number of aliphatic carboxylic acids is 2. The van der Waals surface area contributed by atoms with Crippen molar-refractivity contribution in [3.8, 4) is 0 Å². The first kappa shape index (κ1) is 22.6. The van der Waals surface area contributed by atoms with E-state index in [2.05, 4.69) is 10.6 Å². The molecule has 0 saturated carbocycles. The van der Waals surface area contributed by atoms with Crippen molar-refractivity contribution in [2.45, 2.75) is 39.8 Å². The molecule has 8 nitrogen and oxygen atoms in total. The molecule has 0 spiro atoms. The largest absolute Gasteiger partial charge is 0.480 e. The Hall–Kier alpha value is -1.42. The van der Waals surface area contributed by atoms with Gasteiger partial charge >= 0.3 is 11.9 Å². The van der Waals surface area contributed by atoms with E-state index in [0.29, 0.717) is 0 Å². The maximum absolute atomic E-state index is 11.6. The van der Waals surface area contributed by atoms with Crippen LogP contribution in [0.5, 0.6) is 0 Å². The molecule has 10 heteroatoms. The lowest BCUT2D eigenvalue weighted by Gasteiger charge is -2.17. The summed E-state index contributed by atoms with van der Waals surface area (Å²) < 4.78 is 0. The van der Waals surface area contributed by atoms with E-state index in [1.165, 1.54) is 0 Å². The number of carbonyl (C=O) groups is 4. The molecule has 2 atom stereocenters. The van der Waals surface area contributed by atoms with Crippen molar-refractivity contribution in [2.75, 3.05) is 11.5 Å². The van der Waals surface area contributed by atoms with E-state index in [-0.39, 0.29) is 35.2 Å². The number of nitrogens with one attached hydrogen (secondary N) is 2. The van der Waals surface area contributed by atoms with Crippen molar-refractivity contribution in [1.29, 1.82) is 0 Å². The molecule has 0 aliphatic rings. The molecule has 0 aromatic heterocycles. The fraction of sp³-hybridized carbons (Fsp3) is 0.714. The van der Waals surface area contributed by atoms with Gasteiger partial charge in [0.15, 0.2) is 0 Å². The molecule has 0 radical (unpaired) electrons. The van der Waals surface area contributed by atoms with Gasteiger partial charge in [-0.05, 0) is 0 Å². The summed E-state index contributed by atoms with van der Waals surface area (Å²) >= 11 is 0. The van der Waals surface area contributed by atoms with Crippen LogP contribution in [0.15, 0.2) is 0 Å². The summed E-state index contributed by atoms with van der Waals surface area (Å²) in [6, 6.07) is -2.10. The van der Waals surface area contributed by atoms with E-state index >= 15 is 0 Å². The van der Waals surface area contributed by atoms with Crippen LogP contribution in [0.4, 0.5) is 0 Å². The van der Waals surface area contributed by atoms with Gasteiger partial charge in [-0.15, -0.1) is 0 Å². The quantitative estimate of drug-likeness (QED) is 0.306. The highest BCUT2D eigenvalue weighted by atomic mass is 33.1. The van der Waals surface area contributed by atoms with Crippen LogP contribution in [-0.4, -0.2) is 57.6 Å². The lowest BCUT2D eigenvalue weighted by atomic mass is 10.2. The number of carbonyl (C=O) groups excluding carboxylic acids is 2. The van der Waals surface area contributed by atoms with Gasteiger partial charge < -0.3 is 20.8 Å². The molecule has 1 unspecified atom stereocenters. The molecule has 0 aliphatic heterocycles. The number of amides is 2. The first-order valence-corrected chi connectivity index (χ1v) is 9.85. The average Bonchev–Trinajstić information content (AvgIpc) is 2.47. The van der Waals surface area contributed by atoms with E-state index in [0.717, 1.165) is 21.6 Å². The molecular weight excluding hydrogens is 356 g/mol. The topological polar surface area (TPSA) is 133 Å². The van der Waals surface area contributed by atoms with E-state index in [9.17, 15) is 19.2 Å². The first-order valence-electron chi connectivity index (χ1n) is 7.37. The fourth-order valence-electron chi connectivity index (χ4n) is 1.26. The summed E-state index contributed by atoms with van der Waals surface area (Å²) in [6.45, 7) is 6.63. The Morgan fingerprint density at radius 2 is 1.04 bits per heavy atom. The van der Waals surface area contributed by atoms with Gasteiger partial charge in [-0.25, -0.2) is 9.59 Å². The number of carboxylic acid groups (broad SMARTS) is 2. The minimum Gasteiger partial charge on any atom is -0.480 e. The van der Waals surface area contributed by atoms with Gasteiger partial charge in [0.05, 0.1) is 0 Å². The summed E-state index contributed by atoms with van der Waals surface area (Å²) in [6.07, 6.45) is 0. The van der Waals surface area contributed by atoms with Crippen LogP contribution in [0.2, 0.25) is 0 Å². The Morgan fingerprint density at radius 3 is 1.25 bits per heavy atom. The number of carboxylic acids is 2. The average molecular weight is 380 g/mol. The summed E-state index contributed by atoms with van der Waals surface area (Å²) in [5, 5.41) is 23.0. The molecule has 0 heterocycles. The highest BCUT2D eigenvalue weighted by molar-refractivity contribution is 8.76. The molecule has 0 aromatic rings. The smallest absolute Gasteiger partial charge is 0.327 e. The Labute approximate surface area is 148 Å². The van der Waals surface area contributed by atoms with E-state index in [1.54, 1.807) is 27.7 Å². The zero-order valence-corrected chi connectivity index (χ0v) is 15.7. The molecular formula is C14H24N2O6S2. The van der Waals surface area contributed by atoms with Crippen molar-refractivity contribution >= 4 is 45.3 Å². The highest BCUT2D eigenvalue weighted by Gasteiger charge is 2.24. The molecule has 0 saturated heterocycles. The Balaban J connectivity index is 4.39. The Morgan fingerprint density at radius 1 is 0.750 bits per heavy atom. The molecule has 0 rings (SSSR count). The van der Waals surface area contributed by atoms with Gasteiger partial charge in [-0.2, -0.15) is 0 Å². The second-order valence-corrected chi connectivity index (χ2v) is 8.23. The van der Waals surface area contributed by atoms with Crippen molar-refractivity contribution in [1.82, 2.24) is 10.6 Å². The van der Waals surface area contributed by atoms with E-state index in [1.807, 2.05) is 0 Å². The van der Waals surface area contributed by atoms with Gasteiger partial charge in [0.1, 0.15) is 12.1 Å². The number of rotatable bonds is 11. The lowest BCUT2D eigenvalue weighted by Crippen LogP contribution is -2.45. The summed E-state index contributed by atoms with van der Waals surface area (Å²) in [5.41, 5.74) is 0. The third-order valence-electron chi connectivity index (χ3n) is 2.83. The number of hydrogen-bond acceptors (Lipinski definition) is 6. The normalized spacial score (nSPS) is 13.4. The van der Waals surface area contributed by atoms with E-state index in [4.69, 9.17) is 10.2 Å². The predicted molar refractivity (Wildman–Crippen MR) is 93.7 cm³/mol. The lowest BCUT2D eigenvalue weighted by molar-refractivity contribution is -0.141. The van der Waals surface area contributed by atoms with Crippen molar-refractivity contribution in [2.24, 2.45) is 11.8 Å². The highest BCUT2D eigenvalue weighted by Crippen LogP contribution is 2.23. The van der Waals surface area contributed by atoms with Crippen LogP contribution in [0.3, 0.4) is 0 Å². The summed E-state index contributed by atoms with van der Waals surface area (Å²) in [7, 11) is 2.26. The first-order chi connectivity index (χ1) is 11.1. The second-order valence-electron chi connectivity index (χ2n) is 5.68. The molecule has 4 N–H and O–H groups in total. The molecule has 0 bridgehead atoms. The molecule has 0 aromatic carbocycles. The van der Waals surface area contributed by atoms with Crippen LogP contribution in [0, 0.1) is 11.8 Å². The van der Waals surface area contributed by atoms with Gasteiger partial charge in [0, 0.05) is 23.3 Å². The van der Waals surface area contributed by atoms with Crippen LogP contribution >= 0.6 is 21.6 Å². The fourth-order valence-corrected chi connectivity index (χ4v) is 3.57. The van der Waals surface area contributed by atoms with Crippen LogP contribution in [0.25, 0.3) is 0 Å². The molecule has 24 heavy (non-hydrogen) atoms. The standard InChI is InChI=1S/C14H24N2O6S2/c1-7(2)11(17)15-9(13(19)20)5-23-24-6-10(14(21)22)16-12(18)8(3)4/h7-10H,5-6H2,1-4H3,(H,15,17)(H,16,18)(H,19,20)(H,21,22)/t9-,10?/m1/s1. The predicted octanol–water partition coefficient (Wildman–Crippen LogP) is 0.819.